The second kappa shape index (κ2) is 14.2. The highest BCUT2D eigenvalue weighted by Crippen LogP contribution is 2.22. The molecule has 4 N–H and O–H groups in total. The second-order valence-electron chi connectivity index (χ2n) is 7.33. The number of nitrogens with zero attached hydrogens (tertiary/aromatic N) is 2. The zero-order valence-electron chi connectivity index (χ0n) is 18.1. The Bertz CT molecular complexity index is 499. The van der Waals surface area contributed by atoms with Crippen LogP contribution in [0.5, 0.6) is 0 Å². The van der Waals surface area contributed by atoms with E-state index in [0.717, 1.165) is 45.2 Å². The first-order valence-corrected chi connectivity index (χ1v) is 10.4. The molecule has 6 heteroatoms. The normalized spacial score (nSPS) is 13.1. The monoisotopic (exact) mass is 379 g/mol. The Labute approximate surface area is 166 Å². The van der Waals surface area contributed by atoms with Crippen molar-refractivity contribution in [2.75, 3.05) is 13.1 Å². The Morgan fingerprint density at radius 1 is 1.11 bits per heavy atom. The minimum Gasteiger partial charge on any atom is -0.474 e. The molecule has 0 aliphatic rings. The third-order valence-electron chi connectivity index (χ3n) is 4.58. The minimum absolute atomic E-state index is 0.0180. The lowest BCUT2D eigenvalue weighted by Crippen LogP contribution is -2.37. The molecular weight excluding hydrogens is 338 g/mol. The molecule has 0 aromatic rings. The van der Waals surface area contributed by atoms with E-state index < -0.39 is 0 Å². The first kappa shape index (κ1) is 25.1. The molecule has 0 saturated heterocycles. The lowest BCUT2D eigenvalue weighted by molar-refractivity contribution is 0.207. The summed E-state index contributed by atoms with van der Waals surface area (Å²) < 4.78 is 5.67. The first-order chi connectivity index (χ1) is 12.8. The van der Waals surface area contributed by atoms with Crippen molar-refractivity contribution >= 4 is 18.5 Å². The summed E-state index contributed by atoms with van der Waals surface area (Å²) in [6.45, 7) is 15.6. The largest absolute Gasteiger partial charge is 0.474 e. The van der Waals surface area contributed by atoms with Crippen molar-refractivity contribution in [2.24, 2.45) is 16.6 Å². The molecule has 0 bridgehead atoms. The molecule has 0 rings (SSSR count). The van der Waals surface area contributed by atoms with Crippen LogP contribution in [0.25, 0.3) is 0 Å². The zero-order chi connectivity index (χ0) is 20.8. The number of amidine groups is 1. The highest BCUT2D eigenvalue weighted by molar-refractivity contribution is 6.04. The smallest absolute Gasteiger partial charge is 0.232 e. The molecule has 1 atom stereocenters. The van der Waals surface area contributed by atoms with Crippen LogP contribution >= 0.6 is 0 Å². The van der Waals surface area contributed by atoms with Crippen molar-refractivity contribution in [3.05, 3.63) is 11.4 Å². The molecule has 0 aliphatic carbocycles. The number of unbranched alkanes of at least 4 members (excludes halogenated alkanes) is 3. The fourth-order valence-corrected chi connectivity index (χ4v) is 3.06. The van der Waals surface area contributed by atoms with Gasteiger partial charge in [-0.15, -0.1) is 0 Å². The maximum atomic E-state index is 8.49. The van der Waals surface area contributed by atoms with Crippen LogP contribution in [0.1, 0.15) is 79.6 Å². The molecule has 0 amide bonds. The SMILES string of the molecule is C=N/C(C(=N)N)=C(/C(=N)OC(C)C)N(CCCCC)C[C@H](CC)CCCC. The molecule has 0 heterocycles. The van der Waals surface area contributed by atoms with Gasteiger partial charge in [0, 0.05) is 13.1 Å². The number of nitrogens with two attached hydrogens (primary N) is 1. The third kappa shape index (κ3) is 9.59. The number of nitrogens with one attached hydrogen (secondary N) is 2. The van der Waals surface area contributed by atoms with Gasteiger partial charge in [-0.2, -0.15) is 0 Å². The van der Waals surface area contributed by atoms with Crippen LogP contribution in [0.2, 0.25) is 0 Å². The van der Waals surface area contributed by atoms with Crippen molar-refractivity contribution in [1.82, 2.24) is 4.90 Å². The van der Waals surface area contributed by atoms with E-state index in [0.29, 0.717) is 11.6 Å². The van der Waals surface area contributed by atoms with Gasteiger partial charge in [0.05, 0.1) is 6.10 Å². The highest BCUT2D eigenvalue weighted by atomic mass is 16.5. The Balaban J connectivity index is 5.89. The number of rotatable bonds is 15. The standard InChI is InChI=1S/C21H41N5O/c1-7-10-12-14-26(15-17(9-3)13-11-8-2)19(18(25-6)20(22)23)21(24)27-16(4)5/h16-17,24H,6-15H2,1-5H3,(H3,22,23)/b19-18-,24-21?/t17-/m1/s1. The van der Waals surface area contributed by atoms with Crippen LogP contribution in [-0.4, -0.2) is 42.5 Å². The molecule has 0 unspecified atom stereocenters. The lowest BCUT2D eigenvalue weighted by atomic mass is 9.98. The molecule has 0 spiro atoms. The van der Waals surface area contributed by atoms with Gasteiger partial charge in [-0.25, -0.2) is 0 Å². The molecule has 6 nitrogen and oxygen atoms in total. The molecule has 0 saturated carbocycles. The van der Waals surface area contributed by atoms with Crippen molar-refractivity contribution in [3.8, 4) is 0 Å². The number of hydrogen-bond acceptors (Lipinski definition) is 5. The maximum absolute atomic E-state index is 8.49. The fraction of sp³-hybridized carbons (Fsp3) is 0.762. The zero-order valence-corrected chi connectivity index (χ0v) is 18.1. The molecule has 156 valence electrons. The number of hydrogen-bond donors (Lipinski definition) is 3. The average molecular weight is 380 g/mol. The van der Waals surface area contributed by atoms with E-state index in [1.807, 2.05) is 13.8 Å². The van der Waals surface area contributed by atoms with E-state index in [-0.39, 0.29) is 23.5 Å². The van der Waals surface area contributed by atoms with Gasteiger partial charge < -0.3 is 15.4 Å². The molecule has 0 aliphatic heterocycles. The van der Waals surface area contributed by atoms with Crippen LogP contribution in [-0.2, 0) is 4.74 Å². The summed E-state index contributed by atoms with van der Waals surface area (Å²) in [5.41, 5.74) is 6.50. The van der Waals surface area contributed by atoms with E-state index >= 15 is 0 Å². The topological polar surface area (TPSA) is 98.6 Å². The molecule has 0 radical (unpaired) electrons. The third-order valence-corrected chi connectivity index (χ3v) is 4.58. The maximum Gasteiger partial charge on any atom is 0.232 e. The summed E-state index contributed by atoms with van der Waals surface area (Å²) in [5.74, 6) is 0.357. The van der Waals surface area contributed by atoms with Gasteiger partial charge in [0.25, 0.3) is 0 Å². The van der Waals surface area contributed by atoms with Crippen LogP contribution in [0.4, 0.5) is 0 Å². The Kier molecular flexibility index (Phi) is 13.3. The van der Waals surface area contributed by atoms with Gasteiger partial charge in [-0.05, 0) is 39.3 Å². The number of ether oxygens (including phenoxy) is 1. The molecule has 27 heavy (non-hydrogen) atoms. The van der Waals surface area contributed by atoms with Crippen molar-refractivity contribution in [2.45, 2.75) is 85.7 Å². The predicted octanol–water partition coefficient (Wildman–Crippen LogP) is 4.95. The summed E-state index contributed by atoms with van der Waals surface area (Å²) in [6.07, 6.45) is 7.72. The Morgan fingerprint density at radius 2 is 1.74 bits per heavy atom. The summed E-state index contributed by atoms with van der Waals surface area (Å²) in [4.78, 5) is 6.13. The van der Waals surface area contributed by atoms with E-state index in [2.05, 4.69) is 37.4 Å². The lowest BCUT2D eigenvalue weighted by Gasteiger charge is -2.32. The van der Waals surface area contributed by atoms with Gasteiger partial charge in [-0.1, -0.05) is 52.9 Å². The van der Waals surface area contributed by atoms with E-state index in [1.54, 1.807) is 0 Å². The summed E-state index contributed by atoms with van der Waals surface area (Å²) >= 11 is 0. The summed E-state index contributed by atoms with van der Waals surface area (Å²) in [5, 5.41) is 16.4. The van der Waals surface area contributed by atoms with Crippen molar-refractivity contribution in [3.63, 3.8) is 0 Å². The molecular formula is C21H41N5O. The molecule has 0 fully saturated rings. The fourth-order valence-electron chi connectivity index (χ4n) is 3.06. The van der Waals surface area contributed by atoms with Crippen LogP contribution in [0.15, 0.2) is 16.4 Å². The molecule has 0 aromatic carbocycles. The van der Waals surface area contributed by atoms with Gasteiger partial charge in [0.2, 0.25) is 5.90 Å². The van der Waals surface area contributed by atoms with Crippen molar-refractivity contribution < 1.29 is 4.74 Å². The van der Waals surface area contributed by atoms with E-state index in [9.17, 15) is 0 Å². The quantitative estimate of drug-likeness (QED) is 0.213. The molecule has 0 aromatic heterocycles. The highest BCUT2D eigenvalue weighted by Gasteiger charge is 2.25. The van der Waals surface area contributed by atoms with Crippen LogP contribution < -0.4 is 5.73 Å². The van der Waals surface area contributed by atoms with E-state index in [4.69, 9.17) is 21.3 Å². The summed E-state index contributed by atoms with van der Waals surface area (Å²) in [6, 6.07) is 0. The second-order valence-corrected chi connectivity index (χ2v) is 7.33. The van der Waals surface area contributed by atoms with Crippen LogP contribution in [0.3, 0.4) is 0 Å². The summed E-state index contributed by atoms with van der Waals surface area (Å²) in [7, 11) is 0. The average Bonchev–Trinajstić information content (AvgIpc) is 2.60. The van der Waals surface area contributed by atoms with Gasteiger partial charge in [0.15, 0.2) is 0 Å². The Morgan fingerprint density at radius 3 is 2.19 bits per heavy atom. The van der Waals surface area contributed by atoms with Gasteiger partial charge in [-0.3, -0.25) is 15.8 Å². The van der Waals surface area contributed by atoms with Crippen LogP contribution in [0, 0.1) is 16.7 Å². The minimum atomic E-state index is -0.181. The van der Waals surface area contributed by atoms with Gasteiger partial charge >= 0.3 is 0 Å². The van der Waals surface area contributed by atoms with E-state index in [1.165, 1.54) is 12.8 Å². The van der Waals surface area contributed by atoms with Gasteiger partial charge in [0.1, 0.15) is 17.2 Å². The predicted molar refractivity (Wildman–Crippen MR) is 117 cm³/mol. The number of aliphatic imine (C=N–C) groups is 1. The van der Waals surface area contributed by atoms with Crippen molar-refractivity contribution in [1.29, 1.82) is 10.8 Å². The first-order valence-electron chi connectivity index (χ1n) is 10.4. The Hall–Kier alpha value is -1.85.